The van der Waals surface area contributed by atoms with Crippen LogP contribution in [0, 0.1) is 6.92 Å². The van der Waals surface area contributed by atoms with E-state index in [2.05, 4.69) is 0 Å². The lowest BCUT2D eigenvalue weighted by molar-refractivity contribution is -0.197. The zero-order chi connectivity index (χ0) is 21.8. The van der Waals surface area contributed by atoms with E-state index in [4.69, 9.17) is 23.1 Å². The molecule has 0 spiro atoms. The lowest BCUT2D eigenvalue weighted by atomic mass is 10.1. The number of benzene rings is 1. The SMILES string of the molecule is CC(=O)OC[C@@H]1O[C@H](OC(C)=O)[C@H](OC(C)=O)[C@H]1OS(=O)(=O)c1ccc(C)cc1. The zero-order valence-electron chi connectivity index (χ0n) is 16.3. The first-order valence-corrected chi connectivity index (χ1v) is 10.0. The summed E-state index contributed by atoms with van der Waals surface area (Å²) >= 11 is 0. The Bertz CT molecular complexity index is 861. The van der Waals surface area contributed by atoms with Crippen LogP contribution in [-0.2, 0) is 47.6 Å². The van der Waals surface area contributed by atoms with Gasteiger partial charge in [0.15, 0.2) is 12.2 Å². The van der Waals surface area contributed by atoms with Crippen molar-refractivity contribution in [2.24, 2.45) is 0 Å². The number of carbonyl (C=O) groups excluding carboxylic acids is 3. The summed E-state index contributed by atoms with van der Waals surface area (Å²) in [6, 6.07) is 5.88. The van der Waals surface area contributed by atoms with Gasteiger partial charge in [-0.1, -0.05) is 17.7 Å². The Morgan fingerprint density at radius 3 is 2.03 bits per heavy atom. The van der Waals surface area contributed by atoms with Crippen LogP contribution in [0.4, 0.5) is 0 Å². The molecule has 0 aromatic heterocycles. The minimum atomic E-state index is -4.30. The molecule has 1 saturated heterocycles. The molecule has 1 aromatic rings. The number of esters is 3. The summed E-state index contributed by atoms with van der Waals surface area (Å²) in [6.07, 6.45) is -5.42. The normalized spacial score (nSPS) is 24.0. The second kappa shape index (κ2) is 9.33. The molecule has 1 aliphatic rings. The van der Waals surface area contributed by atoms with Crippen molar-refractivity contribution >= 4 is 28.0 Å². The molecule has 29 heavy (non-hydrogen) atoms. The van der Waals surface area contributed by atoms with E-state index in [1.54, 1.807) is 19.1 Å². The van der Waals surface area contributed by atoms with Crippen molar-refractivity contribution in [3.8, 4) is 0 Å². The van der Waals surface area contributed by atoms with Gasteiger partial charge in [-0.25, -0.2) is 0 Å². The fourth-order valence-corrected chi connectivity index (χ4v) is 3.73. The predicted octanol–water partition coefficient (Wildman–Crippen LogP) is 0.852. The fourth-order valence-electron chi connectivity index (χ4n) is 2.62. The van der Waals surface area contributed by atoms with Crippen molar-refractivity contribution in [1.29, 1.82) is 0 Å². The highest BCUT2D eigenvalue weighted by Gasteiger charge is 2.52. The van der Waals surface area contributed by atoms with Gasteiger partial charge in [0.1, 0.15) is 12.7 Å². The van der Waals surface area contributed by atoms with Crippen LogP contribution in [0.2, 0.25) is 0 Å². The molecule has 4 atom stereocenters. The molecular formula is C18H22O10S. The van der Waals surface area contributed by atoms with Gasteiger partial charge in [0.25, 0.3) is 10.1 Å². The van der Waals surface area contributed by atoms with Crippen LogP contribution in [0.15, 0.2) is 29.2 Å². The van der Waals surface area contributed by atoms with Gasteiger partial charge in [-0.15, -0.1) is 0 Å². The van der Waals surface area contributed by atoms with E-state index >= 15 is 0 Å². The average Bonchev–Trinajstić information content (AvgIpc) is 2.88. The van der Waals surface area contributed by atoms with E-state index in [1.807, 2.05) is 0 Å². The molecule has 2 rings (SSSR count). The van der Waals surface area contributed by atoms with Gasteiger partial charge in [0.2, 0.25) is 6.29 Å². The minimum absolute atomic E-state index is 0.133. The van der Waals surface area contributed by atoms with Gasteiger partial charge in [-0.3, -0.25) is 18.6 Å². The van der Waals surface area contributed by atoms with E-state index < -0.39 is 59.2 Å². The van der Waals surface area contributed by atoms with E-state index in [0.29, 0.717) is 0 Å². The van der Waals surface area contributed by atoms with Crippen molar-refractivity contribution in [1.82, 2.24) is 0 Å². The predicted molar refractivity (Wildman–Crippen MR) is 95.9 cm³/mol. The molecule has 0 bridgehead atoms. The van der Waals surface area contributed by atoms with Crippen molar-refractivity contribution in [2.75, 3.05) is 6.61 Å². The molecule has 1 aromatic carbocycles. The quantitative estimate of drug-likeness (QED) is 0.348. The van der Waals surface area contributed by atoms with Gasteiger partial charge in [-0.05, 0) is 19.1 Å². The molecule has 0 amide bonds. The molecule has 1 aliphatic heterocycles. The fraction of sp³-hybridized carbons (Fsp3) is 0.500. The number of hydrogen-bond acceptors (Lipinski definition) is 10. The highest BCUT2D eigenvalue weighted by Crippen LogP contribution is 2.31. The topological polar surface area (TPSA) is 132 Å². The lowest BCUT2D eigenvalue weighted by Gasteiger charge is -2.23. The minimum Gasteiger partial charge on any atom is -0.463 e. The molecule has 0 N–H and O–H groups in total. The Morgan fingerprint density at radius 1 is 0.931 bits per heavy atom. The van der Waals surface area contributed by atoms with Crippen molar-refractivity contribution in [3.05, 3.63) is 29.8 Å². The Hall–Kier alpha value is -2.50. The maximum atomic E-state index is 12.7. The number of ether oxygens (including phenoxy) is 4. The summed E-state index contributed by atoms with van der Waals surface area (Å²) in [7, 11) is -4.30. The van der Waals surface area contributed by atoms with Crippen molar-refractivity contribution < 1.29 is 45.9 Å². The molecule has 10 nitrogen and oxygen atoms in total. The Morgan fingerprint density at radius 2 is 1.52 bits per heavy atom. The highest BCUT2D eigenvalue weighted by molar-refractivity contribution is 7.86. The molecule has 1 fully saturated rings. The molecule has 0 aliphatic carbocycles. The molecule has 0 radical (unpaired) electrons. The number of rotatable bonds is 7. The Labute approximate surface area is 168 Å². The second-order valence-electron chi connectivity index (χ2n) is 6.36. The van der Waals surface area contributed by atoms with Crippen LogP contribution < -0.4 is 0 Å². The highest BCUT2D eigenvalue weighted by atomic mass is 32.2. The summed E-state index contributed by atoms with van der Waals surface area (Å²) in [5.74, 6) is -2.17. The first kappa shape index (κ1) is 22.8. The van der Waals surface area contributed by atoms with Crippen LogP contribution in [0.1, 0.15) is 26.3 Å². The smallest absolute Gasteiger partial charge is 0.305 e. The molecule has 0 unspecified atom stereocenters. The van der Waals surface area contributed by atoms with Crippen LogP contribution >= 0.6 is 0 Å². The summed E-state index contributed by atoms with van der Waals surface area (Å²) in [5, 5.41) is 0. The van der Waals surface area contributed by atoms with E-state index in [1.165, 1.54) is 12.1 Å². The number of carbonyl (C=O) groups is 3. The second-order valence-corrected chi connectivity index (χ2v) is 7.93. The molecule has 160 valence electrons. The van der Waals surface area contributed by atoms with Crippen LogP contribution in [-0.4, -0.2) is 57.5 Å². The Balaban J connectivity index is 2.35. The lowest BCUT2D eigenvalue weighted by Crippen LogP contribution is -2.42. The van der Waals surface area contributed by atoms with Gasteiger partial charge in [0.05, 0.1) is 4.90 Å². The summed E-state index contributed by atoms with van der Waals surface area (Å²) in [4.78, 5) is 33.9. The molecule has 11 heteroatoms. The van der Waals surface area contributed by atoms with Crippen LogP contribution in [0.3, 0.4) is 0 Å². The molecular weight excluding hydrogens is 408 g/mol. The van der Waals surface area contributed by atoms with Crippen LogP contribution in [0.5, 0.6) is 0 Å². The first-order chi connectivity index (χ1) is 13.5. The van der Waals surface area contributed by atoms with Gasteiger partial charge >= 0.3 is 17.9 Å². The average molecular weight is 430 g/mol. The van der Waals surface area contributed by atoms with E-state index in [0.717, 1.165) is 26.3 Å². The van der Waals surface area contributed by atoms with Crippen molar-refractivity contribution in [2.45, 2.75) is 57.2 Å². The largest absolute Gasteiger partial charge is 0.463 e. The maximum absolute atomic E-state index is 12.7. The third-order valence-electron chi connectivity index (χ3n) is 3.85. The van der Waals surface area contributed by atoms with Gasteiger partial charge in [-0.2, -0.15) is 8.42 Å². The number of aryl methyl sites for hydroxylation is 1. The Kier molecular flexibility index (Phi) is 7.33. The van der Waals surface area contributed by atoms with Gasteiger partial charge < -0.3 is 18.9 Å². The summed E-state index contributed by atoms with van der Waals surface area (Å²) in [5.41, 5.74) is 0.841. The van der Waals surface area contributed by atoms with E-state index in [9.17, 15) is 22.8 Å². The third-order valence-corrected chi connectivity index (χ3v) is 5.17. The number of hydrogen-bond donors (Lipinski definition) is 0. The molecule has 1 heterocycles. The summed E-state index contributed by atoms with van der Waals surface area (Å²) < 4.78 is 51.1. The zero-order valence-corrected chi connectivity index (χ0v) is 17.1. The van der Waals surface area contributed by atoms with E-state index in [-0.39, 0.29) is 4.90 Å². The van der Waals surface area contributed by atoms with Crippen molar-refractivity contribution in [3.63, 3.8) is 0 Å². The third kappa shape index (κ3) is 6.24. The summed E-state index contributed by atoms with van der Waals surface area (Å²) in [6.45, 7) is 4.74. The molecule has 0 saturated carbocycles. The maximum Gasteiger partial charge on any atom is 0.305 e. The monoisotopic (exact) mass is 430 g/mol. The first-order valence-electron chi connectivity index (χ1n) is 8.63. The standard InChI is InChI=1S/C18H22O10S/c1-10-5-7-14(8-6-10)29(22,23)28-16-15(9-24-11(2)19)27-18(26-13(4)21)17(16)25-12(3)20/h5-8,15-18H,9H2,1-4H3/t15-,16-,17+,18-/m0/s1. The van der Waals surface area contributed by atoms with Gasteiger partial charge in [0, 0.05) is 20.8 Å². The van der Waals surface area contributed by atoms with Crippen LogP contribution in [0.25, 0.3) is 0 Å².